The first-order valence-electron chi connectivity index (χ1n) is 7.46. The summed E-state index contributed by atoms with van der Waals surface area (Å²) in [5.74, 6) is 1.19. The van der Waals surface area contributed by atoms with E-state index in [2.05, 4.69) is 4.90 Å². The first-order chi connectivity index (χ1) is 9.83. The van der Waals surface area contributed by atoms with E-state index >= 15 is 0 Å². The van der Waals surface area contributed by atoms with E-state index in [-0.39, 0.29) is 5.91 Å². The predicted molar refractivity (Wildman–Crippen MR) is 74.6 cm³/mol. The molecule has 5 nitrogen and oxygen atoms in total. The van der Waals surface area contributed by atoms with Crippen LogP contribution < -0.4 is 0 Å². The van der Waals surface area contributed by atoms with Gasteiger partial charge in [0.2, 0.25) is 0 Å². The summed E-state index contributed by atoms with van der Waals surface area (Å²) >= 11 is 0. The maximum absolute atomic E-state index is 12.2. The van der Waals surface area contributed by atoms with Crippen LogP contribution in [-0.4, -0.2) is 61.6 Å². The van der Waals surface area contributed by atoms with Crippen molar-refractivity contribution in [2.75, 3.05) is 45.9 Å². The van der Waals surface area contributed by atoms with Crippen molar-refractivity contribution in [1.29, 1.82) is 0 Å². The molecule has 2 aliphatic heterocycles. The zero-order valence-corrected chi connectivity index (χ0v) is 11.8. The van der Waals surface area contributed by atoms with Gasteiger partial charge in [0.05, 0.1) is 19.5 Å². The Morgan fingerprint density at radius 2 is 1.95 bits per heavy atom. The maximum atomic E-state index is 12.2. The van der Waals surface area contributed by atoms with Crippen molar-refractivity contribution in [3.05, 3.63) is 24.2 Å². The lowest BCUT2D eigenvalue weighted by molar-refractivity contribution is 0.0240. The Kier molecular flexibility index (Phi) is 4.38. The van der Waals surface area contributed by atoms with E-state index in [1.165, 1.54) is 0 Å². The van der Waals surface area contributed by atoms with Crippen LogP contribution in [0.2, 0.25) is 0 Å². The number of carbonyl (C=O) groups excluding carboxylic acids is 1. The van der Waals surface area contributed by atoms with Crippen LogP contribution in [0.1, 0.15) is 23.4 Å². The lowest BCUT2D eigenvalue weighted by Gasteiger charge is -2.35. The second-order valence-electron chi connectivity index (χ2n) is 5.63. The Morgan fingerprint density at radius 1 is 1.20 bits per heavy atom. The second-order valence-corrected chi connectivity index (χ2v) is 5.63. The number of ether oxygens (including phenoxy) is 1. The third-order valence-electron chi connectivity index (χ3n) is 4.25. The molecule has 20 heavy (non-hydrogen) atoms. The van der Waals surface area contributed by atoms with Crippen molar-refractivity contribution in [3.63, 3.8) is 0 Å². The normalized spacial score (nSPS) is 22.1. The quantitative estimate of drug-likeness (QED) is 0.840. The third kappa shape index (κ3) is 3.22. The van der Waals surface area contributed by atoms with E-state index < -0.39 is 0 Å². The molecule has 3 rings (SSSR count). The standard InChI is InChI=1S/C15H22N2O3/c18-15(14-2-1-9-20-14)17-5-3-13(4-6-17)12-16-7-10-19-11-8-16/h1-2,9,13H,3-8,10-12H2. The largest absolute Gasteiger partial charge is 0.459 e. The minimum atomic E-state index is 0.0276. The van der Waals surface area contributed by atoms with E-state index in [1.807, 2.05) is 4.90 Å². The molecule has 0 aliphatic carbocycles. The molecule has 0 unspecified atom stereocenters. The molecule has 2 fully saturated rings. The van der Waals surface area contributed by atoms with E-state index in [0.29, 0.717) is 11.7 Å². The van der Waals surface area contributed by atoms with Crippen molar-refractivity contribution < 1.29 is 13.9 Å². The van der Waals surface area contributed by atoms with Crippen LogP contribution in [0.15, 0.2) is 22.8 Å². The van der Waals surface area contributed by atoms with Gasteiger partial charge in [-0.05, 0) is 30.9 Å². The van der Waals surface area contributed by atoms with Crippen molar-refractivity contribution in [1.82, 2.24) is 9.80 Å². The van der Waals surface area contributed by atoms with Crippen LogP contribution in [0.25, 0.3) is 0 Å². The summed E-state index contributed by atoms with van der Waals surface area (Å²) in [6, 6.07) is 3.50. The molecule has 0 saturated carbocycles. The monoisotopic (exact) mass is 278 g/mol. The van der Waals surface area contributed by atoms with Crippen LogP contribution >= 0.6 is 0 Å². The molecule has 2 aliphatic rings. The number of piperidine rings is 1. The van der Waals surface area contributed by atoms with Gasteiger partial charge in [-0.3, -0.25) is 9.69 Å². The highest BCUT2D eigenvalue weighted by Gasteiger charge is 2.26. The molecule has 0 spiro atoms. The van der Waals surface area contributed by atoms with Gasteiger partial charge < -0.3 is 14.1 Å². The first kappa shape index (κ1) is 13.6. The molecular weight excluding hydrogens is 256 g/mol. The summed E-state index contributed by atoms with van der Waals surface area (Å²) < 4.78 is 10.6. The van der Waals surface area contributed by atoms with Crippen LogP contribution in [0.4, 0.5) is 0 Å². The Balaban J connectivity index is 1.45. The predicted octanol–water partition coefficient (Wildman–Crippen LogP) is 1.46. The first-order valence-corrected chi connectivity index (χ1v) is 7.46. The van der Waals surface area contributed by atoms with Gasteiger partial charge in [0.15, 0.2) is 5.76 Å². The molecule has 2 saturated heterocycles. The Morgan fingerprint density at radius 3 is 2.60 bits per heavy atom. The van der Waals surface area contributed by atoms with E-state index in [0.717, 1.165) is 58.8 Å². The number of hydrogen-bond acceptors (Lipinski definition) is 4. The van der Waals surface area contributed by atoms with Gasteiger partial charge in [-0.25, -0.2) is 0 Å². The molecule has 110 valence electrons. The summed E-state index contributed by atoms with van der Waals surface area (Å²) in [5.41, 5.74) is 0. The molecule has 3 heterocycles. The number of carbonyl (C=O) groups is 1. The number of rotatable bonds is 3. The topological polar surface area (TPSA) is 45.9 Å². The summed E-state index contributed by atoms with van der Waals surface area (Å²) in [5, 5.41) is 0. The van der Waals surface area contributed by atoms with Crippen molar-refractivity contribution in [2.24, 2.45) is 5.92 Å². The van der Waals surface area contributed by atoms with Crippen molar-refractivity contribution in [3.8, 4) is 0 Å². The minimum Gasteiger partial charge on any atom is -0.459 e. The highest BCUT2D eigenvalue weighted by Crippen LogP contribution is 2.20. The lowest BCUT2D eigenvalue weighted by atomic mass is 9.96. The molecule has 0 atom stereocenters. The Hall–Kier alpha value is -1.33. The van der Waals surface area contributed by atoms with Gasteiger partial charge in [-0.15, -0.1) is 0 Å². The molecule has 0 aromatic carbocycles. The van der Waals surface area contributed by atoms with Crippen molar-refractivity contribution >= 4 is 5.91 Å². The van der Waals surface area contributed by atoms with Crippen LogP contribution in [0.3, 0.4) is 0 Å². The number of morpholine rings is 1. The summed E-state index contributed by atoms with van der Waals surface area (Å²) in [4.78, 5) is 16.6. The lowest BCUT2D eigenvalue weighted by Crippen LogP contribution is -2.44. The zero-order chi connectivity index (χ0) is 13.8. The molecule has 1 amide bonds. The van der Waals surface area contributed by atoms with Crippen molar-refractivity contribution in [2.45, 2.75) is 12.8 Å². The summed E-state index contributed by atoms with van der Waals surface area (Å²) in [6.07, 6.45) is 3.73. The van der Waals surface area contributed by atoms with Gasteiger partial charge in [-0.2, -0.15) is 0 Å². The van der Waals surface area contributed by atoms with Gasteiger partial charge in [-0.1, -0.05) is 0 Å². The SMILES string of the molecule is O=C(c1ccco1)N1CCC(CN2CCOCC2)CC1. The third-order valence-corrected chi connectivity index (χ3v) is 4.25. The van der Waals surface area contributed by atoms with E-state index in [4.69, 9.17) is 9.15 Å². The average Bonchev–Trinajstić information content (AvgIpc) is 3.03. The highest BCUT2D eigenvalue weighted by atomic mass is 16.5. The van der Waals surface area contributed by atoms with Gasteiger partial charge in [0.25, 0.3) is 5.91 Å². The fraction of sp³-hybridized carbons (Fsp3) is 0.667. The second kappa shape index (κ2) is 6.41. The van der Waals surface area contributed by atoms with Crippen LogP contribution in [0.5, 0.6) is 0 Å². The molecule has 0 radical (unpaired) electrons. The number of likely N-dealkylation sites (tertiary alicyclic amines) is 1. The van der Waals surface area contributed by atoms with Gasteiger partial charge >= 0.3 is 0 Å². The minimum absolute atomic E-state index is 0.0276. The number of nitrogens with zero attached hydrogens (tertiary/aromatic N) is 2. The molecule has 0 bridgehead atoms. The van der Waals surface area contributed by atoms with Gasteiger partial charge in [0, 0.05) is 32.7 Å². The summed E-state index contributed by atoms with van der Waals surface area (Å²) in [7, 11) is 0. The van der Waals surface area contributed by atoms with E-state index in [9.17, 15) is 4.79 Å². The molecular formula is C15H22N2O3. The molecule has 5 heteroatoms. The van der Waals surface area contributed by atoms with Crippen LogP contribution in [-0.2, 0) is 4.74 Å². The summed E-state index contributed by atoms with van der Waals surface area (Å²) in [6.45, 7) is 6.64. The Labute approximate surface area is 119 Å². The highest BCUT2D eigenvalue weighted by molar-refractivity contribution is 5.91. The Bertz CT molecular complexity index is 418. The fourth-order valence-electron chi connectivity index (χ4n) is 3.02. The maximum Gasteiger partial charge on any atom is 0.289 e. The number of furan rings is 1. The fourth-order valence-corrected chi connectivity index (χ4v) is 3.02. The van der Waals surface area contributed by atoms with E-state index in [1.54, 1.807) is 18.4 Å². The average molecular weight is 278 g/mol. The number of amides is 1. The molecule has 1 aromatic rings. The smallest absolute Gasteiger partial charge is 0.289 e. The zero-order valence-electron chi connectivity index (χ0n) is 11.8. The number of hydrogen-bond donors (Lipinski definition) is 0. The van der Waals surface area contributed by atoms with Crippen LogP contribution in [0, 0.1) is 5.92 Å². The molecule has 1 aromatic heterocycles. The van der Waals surface area contributed by atoms with Gasteiger partial charge in [0.1, 0.15) is 0 Å². The molecule has 0 N–H and O–H groups in total.